The number of benzene rings is 2. The number of carbonyl (C=O) groups excluding carboxylic acids is 1. The molecule has 2 aromatic heterocycles. The molecule has 0 fully saturated rings. The zero-order chi connectivity index (χ0) is 20.8. The fraction of sp³-hybridized carbons (Fsp3) is 0.120. The van der Waals surface area contributed by atoms with Crippen molar-refractivity contribution in [2.75, 3.05) is 0 Å². The summed E-state index contributed by atoms with van der Waals surface area (Å²) in [6.45, 7) is 2.37. The molecule has 1 atom stereocenters. The van der Waals surface area contributed by atoms with Gasteiger partial charge in [0.05, 0.1) is 11.7 Å². The molecule has 150 valence electrons. The van der Waals surface area contributed by atoms with Crippen LogP contribution in [-0.4, -0.2) is 15.3 Å². The number of pyridine rings is 1. The zero-order valence-electron chi connectivity index (χ0n) is 16.7. The van der Waals surface area contributed by atoms with Gasteiger partial charge in [-0.2, -0.15) is 0 Å². The van der Waals surface area contributed by atoms with Crippen LogP contribution in [0.1, 0.15) is 29.8 Å². The van der Waals surface area contributed by atoms with Crippen molar-refractivity contribution in [3.8, 4) is 5.75 Å². The van der Waals surface area contributed by atoms with Gasteiger partial charge in [0.1, 0.15) is 18.0 Å². The third-order valence-corrected chi connectivity index (χ3v) is 4.77. The first-order valence-electron chi connectivity index (χ1n) is 9.86. The summed E-state index contributed by atoms with van der Waals surface area (Å²) in [5.74, 6) is 0.630. The molecule has 0 radical (unpaired) electrons. The maximum absolute atomic E-state index is 12.2. The number of ether oxygens (including phenoxy) is 1. The number of aromatic nitrogens is 2. The fourth-order valence-electron chi connectivity index (χ4n) is 3.15. The lowest BCUT2D eigenvalue weighted by atomic mass is 10.1. The Hall–Kier alpha value is -3.86. The van der Waals surface area contributed by atoms with Gasteiger partial charge < -0.3 is 14.5 Å². The normalized spacial score (nSPS) is 12.2. The maximum atomic E-state index is 12.2. The third-order valence-electron chi connectivity index (χ3n) is 4.77. The van der Waals surface area contributed by atoms with E-state index in [1.807, 2.05) is 96.5 Å². The van der Waals surface area contributed by atoms with E-state index in [-0.39, 0.29) is 11.9 Å². The van der Waals surface area contributed by atoms with Crippen LogP contribution in [0.15, 0.2) is 91.3 Å². The second-order valence-electron chi connectivity index (χ2n) is 7.03. The first kappa shape index (κ1) is 19.5. The van der Waals surface area contributed by atoms with E-state index in [0.717, 1.165) is 28.2 Å². The highest BCUT2D eigenvalue weighted by Gasteiger charge is 2.06. The highest BCUT2D eigenvalue weighted by molar-refractivity contribution is 5.92. The summed E-state index contributed by atoms with van der Waals surface area (Å²) in [5, 5.41) is 2.97. The van der Waals surface area contributed by atoms with Crippen molar-refractivity contribution in [1.82, 2.24) is 14.7 Å². The minimum Gasteiger partial charge on any atom is -0.487 e. The standard InChI is InChI=1S/C25H23N3O2/c1-19(21-7-3-2-4-8-21)26-25(29)15-12-20-10-13-23(14-11-20)30-18-22-17-28-16-6-5-9-24(28)27-22/h2-17,19H,18H2,1H3,(H,26,29). The van der Waals surface area contributed by atoms with Crippen LogP contribution in [-0.2, 0) is 11.4 Å². The van der Waals surface area contributed by atoms with E-state index < -0.39 is 0 Å². The molecule has 2 aromatic carbocycles. The Bertz CT molecular complexity index is 1110. The quantitative estimate of drug-likeness (QED) is 0.456. The van der Waals surface area contributed by atoms with Gasteiger partial charge in [0, 0.05) is 18.5 Å². The first-order valence-corrected chi connectivity index (χ1v) is 9.86. The van der Waals surface area contributed by atoms with Crippen LogP contribution >= 0.6 is 0 Å². The number of amides is 1. The lowest BCUT2D eigenvalue weighted by Gasteiger charge is -2.12. The minimum absolute atomic E-state index is 0.0428. The Balaban J connectivity index is 1.30. The van der Waals surface area contributed by atoms with E-state index in [0.29, 0.717) is 6.61 Å². The van der Waals surface area contributed by atoms with E-state index >= 15 is 0 Å². The molecule has 30 heavy (non-hydrogen) atoms. The van der Waals surface area contributed by atoms with Crippen molar-refractivity contribution in [2.45, 2.75) is 19.6 Å². The molecular formula is C25H23N3O2. The highest BCUT2D eigenvalue weighted by atomic mass is 16.5. The molecule has 1 amide bonds. The Morgan fingerprint density at radius 2 is 1.83 bits per heavy atom. The smallest absolute Gasteiger partial charge is 0.244 e. The van der Waals surface area contributed by atoms with Gasteiger partial charge in [0.2, 0.25) is 5.91 Å². The summed E-state index contributed by atoms with van der Waals surface area (Å²) < 4.78 is 7.79. The Kier molecular flexibility index (Phi) is 5.90. The summed E-state index contributed by atoms with van der Waals surface area (Å²) in [7, 11) is 0. The Labute approximate surface area is 175 Å². The van der Waals surface area contributed by atoms with Gasteiger partial charge in [-0.1, -0.05) is 48.5 Å². The van der Waals surface area contributed by atoms with E-state index in [4.69, 9.17) is 4.74 Å². The summed E-state index contributed by atoms with van der Waals surface area (Å²) in [6.07, 6.45) is 7.26. The number of hydrogen-bond acceptors (Lipinski definition) is 3. The second-order valence-corrected chi connectivity index (χ2v) is 7.03. The van der Waals surface area contributed by atoms with E-state index in [1.165, 1.54) is 0 Å². The molecule has 0 saturated heterocycles. The summed E-state index contributed by atoms with van der Waals surface area (Å²) in [4.78, 5) is 16.7. The molecular weight excluding hydrogens is 374 g/mol. The van der Waals surface area contributed by atoms with Crippen molar-refractivity contribution < 1.29 is 9.53 Å². The summed E-state index contributed by atoms with van der Waals surface area (Å²) >= 11 is 0. The van der Waals surface area contributed by atoms with Gasteiger partial charge in [0.25, 0.3) is 0 Å². The van der Waals surface area contributed by atoms with Crippen molar-refractivity contribution >= 4 is 17.6 Å². The lowest BCUT2D eigenvalue weighted by Crippen LogP contribution is -2.24. The fourth-order valence-corrected chi connectivity index (χ4v) is 3.15. The molecule has 0 bridgehead atoms. The van der Waals surface area contributed by atoms with Crippen LogP contribution < -0.4 is 10.1 Å². The topological polar surface area (TPSA) is 55.6 Å². The van der Waals surface area contributed by atoms with Gasteiger partial charge in [-0.05, 0) is 48.4 Å². The molecule has 4 aromatic rings. The molecule has 2 heterocycles. The van der Waals surface area contributed by atoms with E-state index in [9.17, 15) is 4.79 Å². The predicted octanol–water partition coefficient (Wildman–Crippen LogP) is 4.80. The number of nitrogens with zero attached hydrogens (tertiary/aromatic N) is 2. The monoisotopic (exact) mass is 397 g/mol. The number of fused-ring (bicyclic) bond motifs is 1. The maximum Gasteiger partial charge on any atom is 0.244 e. The van der Waals surface area contributed by atoms with E-state index in [1.54, 1.807) is 12.2 Å². The highest BCUT2D eigenvalue weighted by Crippen LogP contribution is 2.16. The zero-order valence-corrected chi connectivity index (χ0v) is 16.7. The largest absolute Gasteiger partial charge is 0.487 e. The van der Waals surface area contributed by atoms with Crippen LogP contribution in [0.25, 0.3) is 11.7 Å². The molecule has 5 heteroatoms. The SMILES string of the molecule is CC(NC(=O)C=Cc1ccc(OCc2cn3ccccc3n2)cc1)c1ccccc1. The van der Waals surface area contributed by atoms with Crippen LogP contribution in [0.4, 0.5) is 0 Å². The first-order chi connectivity index (χ1) is 14.7. The molecule has 0 aliphatic carbocycles. The Morgan fingerprint density at radius 3 is 2.60 bits per heavy atom. The van der Waals surface area contributed by atoms with Crippen LogP contribution in [0, 0.1) is 0 Å². The van der Waals surface area contributed by atoms with Gasteiger partial charge >= 0.3 is 0 Å². The molecule has 0 spiro atoms. The number of hydrogen-bond donors (Lipinski definition) is 1. The molecule has 5 nitrogen and oxygen atoms in total. The van der Waals surface area contributed by atoms with Gasteiger partial charge in [-0.3, -0.25) is 4.79 Å². The Morgan fingerprint density at radius 1 is 1.07 bits per heavy atom. The molecule has 4 rings (SSSR count). The summed E-state index contributed by atoms with van der Waals surface area (Å²) in [6, 6.07) is 23.4. The molecule has 1 N–H and O–H groups in total. The number of nitrogens with one attached hydrogen (secondary N) is 1. The second kappa shape index (κ2) is 9.09. The van der Waals surface area contributed by atoms with Crippen LogP contribution in [0.5, 0.6) is 5.75 Å². The lowest BCUT2D eigenvalue weighted by molar-refractivity contribution is -0.117. The van der Waals surface area contributed by atoms with Gasteiger partial charge in [-0.15, -0.1) is 0 Å². The van der Waals surface area contributed by atoms with Crippen molar-refractivity contribution in [3.05, 3.63) is 108 Å². The molecule has 1 unspecified atom stereocenters. The predicted molar refractivity (Wildman–Crippen MR) is 118 cm³/mol. The minimum atomic E-state index is -0.126. The van der Waals surface area contributed by atoms with Crippen LogP contribution in [0.3, 0.4) is 0 Å². The third kappa shape index (κ3) is 4.94. The van der Waals surface area contributed by atoms with E-state index in [2.05, 4.69) is 10.3 Å². The average Bonchev–Trinajstić information content (AvgIpc) is 3.20. The average molecular weight is 397 g/mol. The van der Waals surface area contributed by atoms with Gasteiger partial charge in [-0.25, -0.2) is 4.98 Å². The number of imidazole rings is 1. The number of carbonyl (C=O) groups is 1. The number of rotatable bonds is 7. The summed E-state index contributed by atoms with van der Waals surface area (Å²) in [5.41, 5.74) is 3.77. The van der Waals surface area contributed by atoms with Crippen molar-refractivity contribution in [1.29, 1.82) is 0 Å². The van der Waals surface area contributed by atoms with Gasteiger partial charge in [0.15, 0.2) is 0 Å². The molecule has 0 aliphatic rings. The molecule has 0 saturated carbocycles. The molecule has 0 aliphatic heterocycles. The van der Waals surface area contributed by atoms with Crippen molar-refractivity contribution in [2.24, 2.45) is 0 Å². The van der Waals surface area contributed by atoms with Crippen molar-refractivity contribution in [3.63, 3.8) is 0 Å². The van der Waals surface area contributed by atoms with Crippen LogP contribution in [0.2, 0.25) is 0 Å².